The summed E-state index contributed by atoms with van der Waals surface area (Å²) in [7, 11) is 0. The standard InChI is InChI=1S/C11H12ClN5O2/c1-2-13-6-8-7-16(15-14-8)9-3-4-11(17(18)19)10(12)5-9/h3-5,7,13H,2,6H2,1H3. The lowest BCUT2D eigenvalue weighted by Crippen LogP contribution is -2.11. The number of nitro groups is 1. The van der Waals surface area contributed by atoms with E-state index in [0.717, 1.165) is 12.2 Å². The fourth-order valence-corrected chi connectivity index (χ4v) is 1.79. The number of hydrogen-bond acceptors (Lipinski definition) is 5. The second-order valence-corrected chi connectivity index (χ2v) is 4.23. The first-order valence-corrected chi connectivity index (χ1v) is 6.06. The van der Waals surface area contributed by atoms with Gasteiger partial charge in [0.2, 0.25) is 0 Å². The molecule has 2 aromatic rings. The third-order valence-electron chi connectivity index (χ3n) is 2.49. The van der Waals surface area contributed by atoms with E-state index in [4.69, 9.17) is 11.6 Å². The van der Waals surface area contributed by atoms with Crippen molar-refractivity contribution in [2.75, 3.05) is 6.54 Å². The lowest BCUT2D eigenvalue weighted by molar-refractivity contribution is -0.384. The summed E-state index contributed by atoms with van der Waals surface area (Å²) in [6.45, 7) is 3.47. The van der Waals surface area contributed by atoms with Crippen molar-refractivity contribution in [3.8, 4) is 5.69 Å². The molecule has 0 unspecified atom stereocenters. The number of aromatic nitrogens is 3. The average Bonchev–Trinajstić information content (AvgIpc) is 2.84. The zero-order valence-corrected chi connectivity index (χ0v) is 11.0. The van der Waals surface area contributed by atoms with E-state index in [0.29, 0.717) is 12.2 Å². The minimum Gasteiger partial charge on any atom is -0.311 e. The summed E-state index contributed by atoms with van der Waals surface area (Å²) in [5.41, 5.74) is 1.29. The Bertz CT molecular complexity index is 599. The Hall–Kier alpha value is -1.99. The molecule has 8 heteroatoms. The van der Waals surface area contributed by atoms with Crippen molar-refractivity contribution in [1.29, 1.82) is 0 Å². The smallest absolute Gasteiger partial charge is 0.288 e. The summed E-state index contributed by atoms with van der Waals surface area (Å²) in [4.78, 5) is 10.1. The number of halogens is 1. The molecule has 1 N–H and O–H groups in total. The molecule has 0 aliphatic heterocycles. The maximum Gasteiger partial charge on any atom is 0.288 e. The SMILES string of the molecule is CCNCc1cn(-c2ccc([N+](=O)[O-])c(Cl)c2)nn1. The van der Waals surface area contributed by atoms with Gasteiger partial charge in [0.15, 0.2) is 0 Å². The number of nitro benzene ring substituents is 1. The van der Waals surface area contributed by atoms with Gasteiger partial charge in [-0.2, -0.15) is 0 Å². The second-order valence-electron chi connectivity index (χ2n) is 3.83. The third kappa shape index (κ3) is 3.07. The summed E-state index contributed by atoms with van der Waals surface area (Å²) in [6.07, 6.45) is 1.75. The summed E-state index contributed by atoms with van der Waals surface area (Å²) >= 11 is 5.85. The van der Waals surface area contributed by atoms with Crippen LogP contribution in [0.25, 0.3) is 5.69 Å². The molecule has 0 saturated heterocycles. The van der Waals surface area contributed by atoms with E-state index in [1.807, 2.05) is 6.92 Å². The third-order valence-corrected chi connectivity index (χ3v) is 2.79. The molecule has 0 amide bonds. The van der Waals surface area contributed by atoms with Gasteiger partial charge in [0.1, 0.15) is 5.02 Å². The minimum atomic E-state index is -0.524. The molecule has 1 aromatic heterocycles. The Morgan fingerprint density at radius 2 is 2.32 bits per heavy atom. The monoisotopic (exact) mass is 281 g/mol. The molecule has 0 atom stereocenters. The highest BCUT2D eigenvalue weighted by atomic mass is 35.5. The Morgan fingerprint density at radius 1 is 1.53 bits per heavy atom. The molecule has 0 saturated carbocycles. The van der Waals surface area contributed by atoms with E-state index >= 15 is 0 Å². The van der Waals surface area contributed by atoms with Crippen LogP contribution in [0.4, 0.5) is 5.69 Å². The van der Waals surface area contributed by atoms with Crippen molar-refractivity contribution in [3.63, 3.8) is 0 Å². The Balaban J connectivity index is 2.24. The summed E-state index contributed by atoms with van der Waals surface area (Å²) in [5, 5.41) is 21.8. The highest BCUT2D eigenvalue weighted by molar-refractivity contribution is 6.32. The van der Waals surface area contributed by atoms with Gasteiger partial charge in [0.25, 0.3) is 5.69 Å². The number of hydrogen-bond donors (Lipinski definition) is 1. The van der Waals surface area contributed by atoms with Gasteiger partial charge in [-0.3, -0.25) is 10.1 Å². The van der Waals surface area contributed by atoms with Crippen molar-refractivity contribution >= 4 is 17.3 Å². The van der Waals surface area contributed by atoms with Crippen LogP contribution in [0, 0.1) is 10.1 Å². The zero-order valence-electron chi connectivity index (χ0n) is 10.2. The van der Waals surface area contributed by atoms with Crippen molar-refractivity contribution in [2.24, 2.45) is 0 Å². The van der Waals surface area contributed by atoms with Gasteiger partial charge in [0.05, 0.1) is 22.5 Å². The lowest BCUT2D eigenvalue weighted by atomic mass is 10.3. The average molecular weight is 282 g/mol. The first-order chi connectivity index (χ1) is 9.11. The quantitative estimate of drug-likeness (QED) is 0.668. The van der Waals surface area contributed by atoms with Crippen LogP contribution in [0.2, 0.25) is 5.02 Å². The van der Waals surface area contributed by atoms with Crippen LogP contribution >= 0.6 is 11.6 Å². The first kappa shape index (κ1) is 13.4. The molecular weight excluding hydrogens is 270 g/mol. The fourth-order valence-electron chi connectivity index (χ4n) is 1.55. The first-order valence-electron chi connectivity index (χ1n) is 5.68. The van der Waals surface area contributed by atoms with E-state index in [1.54, 1.807) is 12.3 Å². The summed E-state index contributed by atoms with van der Waals surface area (Å²) < 4.78 is 1.53. The predicted molar refractivity (Wildman–Crippen MR) is 70.4 cm³/mol. The lowest BCUT2D eigenvalue weighted by Gasteiger charge is -2.01. The van der Waals surface area contributed by atoms with Crippen molar-refractivity contribution in [1.82, 2.24) is 20.3 Å². The Labute approximate surface area is 114 Å². The van der Waals surface area contributed by atoms with E-state index in [9.17, 15) is 10.1 Å². The maximum absolute atomic E-state index is 10.7. The molecule has 0 radical (unpaired) electrons. The summed E-state index contributed by atoms with van der Waals surface area (Å²) in [6, 6.07) is 4.42. The van der Waals surface area contributed by atoms with Gasteiger partial charge < -0.3 is 5.32 Å². The zero-order chi connectivity index (χ0) is 13.8. The van der Waals surface area contributed by atoms with Crippen molar-refractivity contribution in [3.05, 3.63) is 45.2 Å². The van der Waals surface area contributed by atoms with Gasteiger partial charge in [-0.25, -0.2) is 4.68 Å². The van der Waals surface area contributed by atoms with Crippen molar-refractivity contribution < 1.29 is 4.92 Å². The maximum atomic E-state index is 10.7. The molecule has 0 bridgehead atoms. The molecule has 7 nitrogen and oxygen atoms in total. The second kappa shape index (κ2) is 5.77. The number of rotatable bonds is 5. The molecule has 0 fully saturated rings. The number of benzene rings is 1. The van der Waals surface area contributed by atoms with E-state index in [2.05, 4.69) is 15.6 Å². The Kier molecular flexibility index (Phi) is 4.08. The highest BCUT2D eigenvalue weighted by Gasteiger charge is 2.13. The van der Waals surface area contributed by atoms with Gasteiger partial charge in [0, 0.05) is 12.6 Å². The number of nitrogens with zero attached hydrogens (tertiary/aromatic N) is 4. The highest BCUT2D eigenvalue weighted by Crippen LogP contribution is 2.26. The molecule has 19 heavy (non-hydrogen) atoms. The van der Waals surface area contributed by atoms with Gasteiger partial charge in [-0.05, 0) is 18.7 Å². The largest absolute Gasteiger partial charge is 0.311 e. The summed E-state index contributed by atoms with van der Waals surface area (Å²) in [5.74, 6) is 0. The van der Waals surface area contributed by atoms with Crippen LogP contribution in [0.1, 0.15) is 12.6 Å². The normalized spacial score (nSPS) is 10.6. The molecule has 1 aromatic carbocycles. The van der Waals surface area contributed by atoms with E-state index in [-0.39, 0.29) is 10.7 Å². The van der Waals surface area contributed by atoms with Crippen LogP contribution in [0.3, 0.4) is 0 Å². The van der Waals surface area contributed by atoms with Crippen LogP contribution in [0.5, 0.6) is 0 Å². The minimum absolute atomic E-state index is 0.0752. The molecule has 1 heterocycles. The van der Waals surface area contributed by atoms with Crippen LogP contribution in [0.15, 0.2) is 24.4 Å². The van der Waals surface area contributed by atoms with E-state index < -0.39 is 4.92 Å². The molecule has 0 aliphatic rings. The van der Waals surface area contributed by atoms with Crippen LogP contribution in [-0.4, -0.2) is 26.5 Å². The Morgan fingerprint density at radius 3 is 2.95 bits per heavy atom. The van der Waals surface area contributed by atoms with Gasteiger partial charge in [-0.1, -0.05) is 23.7 Å². The van der Waals surface area contributed by atoms with Crippen LogP contribution in [-0.2, 0) is 6.54 Å². The van der Waals surface area contributed by atoms with Gasteiger partial charge >= 0.3 is 0 Å². The van der Waals surface area contributed by atoms with E-state index in [1.165, 1.54) is 16.8 Å². The molecule has 2 rings (SSSR count). The fraction of sp³-hybridized carbons (Fsp3) is 0.273. The van der Waals surface area contributed by atoms with Gasteiger partial charge in [-0.15, -0.1) is 5.10 Å². The number of nitrogens with one attached hydrogen (secondary N) is 1. The van der Waals surface area contributed by atoms with Crippen LogP contribution < -0.4 is 5.32 Å². The topological polar surface area (TPSA) is 85.9 Å². The predicted octanol–water partition coefficient (Wildman–Crippen LogP) is 1.94. The molecule has 100 valence electrons. The molecular formula is C11H12ClN5O2. The molecule has 0 spiro atoms. The molecule has 0 aliphatic carbocycles. The van der Waals surface area contributed by atoms with Crippen molar-refractivity contribution in [2.45, 2.75) is 13.5 Å².